The van der Waals surface area contributed by atoms with Crippen LogP contribution in [0.4, 0.5) is 17.3 Å². The molecule has 2 heterocycles. The Morgan fingerprint density at radius 3 is 2.48 bits per heavy atom. The lowest BCUT2D eigenvalue weighted by atomic mass is 9.89. The average molecular weight is 416 g/mol. The van der Waals surface area contributed by atoms with Gasteiger partial charge in [0.15, 0.2) is 11.5 Å². The van der Waals surface area contributed by atoms with Gasteiger partial charge in [0.05, 0.1) is 24.7 Å². The molecule has 1 aromatic carbocycles. The molecule has 0 bridgehead atoms. The van der Waals surface area contributed by atoms with E-state index in [1.165, 1.54) is 44.5 Å². The second-order valence-electron chi connectivity index (χ2n) is 7.76. The van der Waals surface area contributed by atoms with Crippen molar-refractivity contribution in [2.75, 3.05) is 17.2 Å². The number of nitrogens with one attached hydrogen (secondary N) is 2. The van der Waals surface area contributed by atoms with E-state index in [4.69, 9.17) is 5.26 Å². The summed E-state index contributed by atoms with van der Waals surface area (Å²) >= 11 is 0. The van der Waals surface area contributed by atoms with Gasteiger partial charge in [0, 0.05) is 18.2 Å². The third-order valence-corrected chi connectivity index (χ3v) is 5.53. The third-order valence-electron chi connectivity index (χ3n) is 5.53. The molecular formula is C23H25N7O. The average Bonchev–Trinajstić information content (AvgIpc) is 2.84. The van der Waals surface area contributed by atoms with Crippen LogP contribution in [0.1, 0.15) is 43.4 Å². The van der Waals surface area contributed by atoms with Gasteiger partial charge in [-0.3, -0.25) is 0 Å². The van der Waals surface area contributed by atoms with Crippen LogP contribution in [0.15, 0.2) is 42.7 Å². The molecule has 1 saturated carbocycles. The van der Waals surface area contributed by atoms with Gasteiger partial charge in [0.2, 0.25) is 0 Å². The number of anilines is 3. The van der Waals surface area contributed by atoms with Gasteiger partial charge in [-0.1, -0.05) is 43.5 Å². The zero-order valence-electron chi connectivity index (χ0n) is 17.3. The molecule has 158 valence electrons. The van der Waals surface area contributed by atoms with Crippen molar-refractivity contribution < 1.29 is 5.11 Å². The van der Waals surface area contributed by atoms with Crippen LogP contribution in [0.5, 0.6) is 0 Å². The number of aromatic nitrogens is 4. The number of nitriles is 1. The molecule has 1 aliphatic rings. The highest BCUT2D eigenvalue weighted by atomic mass is 16.3. The van der Waals surface area contributed by atoms with Crippen molar-refractivity contribution in [2.24, 2.45) is 5.92 Å². The van der Waals surface area contributed by atoms with Crippen molar-refractivity contribution in [1.82, 2.24) is 20.2 Å². The van der Waals surface area contributed by atoms with E-state index in [2.05, 4.69) is 30.8 Å². The van der Waals surface area contributed by atoms with E-state index in [1.54, 1.807) is 0 Å². The summed E-state index contributed by atoms with van der Waals surface area (Å²) in [6.45, 7) is 0.900. The number of benzene rings is 1. The molecule has 0 spiro atoms. The third kappa shape index (κ3) is 5.32. The summed E-state index contributed by atoms with van der Waals surface area (Å²) in [7, 11) is 0. The van der Waals surface area contributed by atoms with E-state index in [0.29, 0.717) is 17.6 Å². The Morgan fingerprint density at radius 2 is 1.81 bits per heavy atom. The van der Waals surface area contributed by atoms with Crippen molar-refractivity contribution in [1.29, 1.82) is 5.26 Å². The molecule has 0 radical (unpaired) electrons. The van der Waals surface area contributed by atoms with Crippen LogP contribution in [0.25, 0.3) is 11.3 Å². The van der Waals surface area contributed by atoms with Gasteiger partial charge >= 0.3 is 0 Å². The molecule has 0 amide bonds. The molecule has 3 N–H and O–H groups in total. The van der Waals surface area contributed by atoms with Crippen LogP contribution < -0.4 is 10.6 Å². The van der Waals surface area contributed by atoms with Crippen molar-refractivity contribution in [3.8, 4) is 17.3 Å². The molecule has 1 aliphatic carbocycles. The fourth-order valence-electron chi connectivity index (χ4n) is 3.80. The lowest BCUT2D eigenvalue weighted by Crippen LogP contribution is -2.18. The molecule has 1 fully saturated rings. The van der Waals surface area contributed by atoms with Crippen LogP contribution in [0, 0.1) is 17.2 Å². The van der Waals surface area contributed by atoms with Gasteiger partial charge in [-0.15, -0.1) is 10.2 Å². The Bertz CT molecular complexity index is 1040. The Morgan fingerprint density at radius 1 is 1.00 bits per heavy atom. The number of aliphatic hydroxyl groups excluding tert-OH is 1. The van der Waals surface area contributed by atoms with Gasteiger partial charge < -0.3 is 15.7 Å². The summed E-state index contributed by atoms with van der Waals surface area (Å²) in [6, 6.07) is 11.5. The number of hydrogen-bond acceptors (Lipinski definition) is 8. The first kappa shape index (κ1) is 20.7. The summed E-state index contributed by atoms with van der Waals surface area (Å²) in [4.78, 5) is 8.21. The second-order valence-corrected chi connectivity index (χ2v) is 7.76. The van der Waals surface area contributed by atoms with E-state index in [1.807, 2.05) is 36.4 Å². The molecule has 8 nitrogen and oxygen atoms in total. The molecule has 0 aliphatic heterocycles. The van der Waals surface area contributed by atoms with Crippen molar-refractivity contribution in [2.45, 2.75) is 38.7 Å². The van der Waals surface area contributed by atoms with Gasteiger partial charge in [-0.25, -0.2) is 9.97 Å². The predicted octanol–water partition coefficient (Wildman–Crippen LogP) is 4.03. The van der Waals surface area contributed by atoms with Gasteiger partial charge in [0.25, 0.3) is 0 Å². The van der Waals surface area contributed by atoms with Gasteiger partial charge in [-0.2, -0.15) is 5.26 Å². The molecule has 31 heavy (non-hydrogen) atoms. The first-order valence-corrected chi connectivity index (χ1v) is 10.6. The maximum Gasteiger partial charge on any atom is 0.158 e. The number of hydrogen-bond donors (Lipinski definition) is 3. The summed E-state index contributed by atoms with van der Waals surface area (Å²) < 4.78 is 0. The van der Waals surface area contributed by atoms with Crippen LogP contribution in [-0.2, 0) is 6.61 Å². The standard InChI is InChI=1S/C23H25N7O/c24-11-19-13-27-22(14-25-19)28-21-10-20(26-12-16-4-2-1-3-5-16)23(30-29-21)18-8-6-17(15-31)7-9-18/h6-10,13-14,16,31H,1-5,12,15H2,(H2,26,27,28,29). The van der Waals surface area contributed by atoms with E-state index in [0.717, 1.165) is 29.1 Å². The minimum absolute atomic E-state index is 0.00717. The van der Waals surface area contributed by atoms with Crippen molar-refractivity contribution in [3.05, 3.63) is 54.0 Å². The highest BCUT2D eigenvalue weighted by Gasteiger charge is 2.16. The van der Waals surface area contributed by atoms with Crippen LogP contribution >= 0.6 is 0 Å². The normalized spacial score (nSPS) is 14.1. The maximum atomic E-state index is 9.31. The SMILES string of the molecule is N#Cc1cnc(Nc2cc(NCC3CCCCC3)c(-c3ccc(CO)cc3)nn2)cn1. The number of aliphatic hydroxyl groups is 1. The minimum atomic E-state index is 0.00717. The molecule has 4 rings (SSSR count). The predicted molar refractivity (Wildman–Crippen MR) is 118 cm³/mol. The molecular weight excluding hydrogens is 390 g/mol. The monoisotopic (exact) mass is 415 g/mol. The molecule has 0 unspecified atom stereocenters. The highest BCUT2D eigenvalue weighted by molar-refractivity contribution is 5.76. The van der Waals surface area contributed by atoms with Gasteiger partial charge in [-0.05, 0) is 24.3 Å². The number of nitrogens with zero attached hydrogens (tertiary/aromatic N) is 5. The van der Waals surface area contributed by atoms with Gasteiger partial charge in [0.1, 0.15) is 17.6 Å². The quantitative estimate of drug-likeness (QED) is 0.529. The van der Waals surface area contributed by atoms with E-state index >= 15 is 0 Å². The molecule has 3 aromatic rings. The lowest BCUT2D eigenvalue weighted by Gasteiger charge is -2.23. The van der Waals surface area contributed by atoms with E-state index < -0.39 is 0 Å². The van der Waals surface area contributed by atoms with Crippen LogP contribution in [0.2, 0.25) is 0 Å². The fraction of sp³-hybridized carbons (Fsp3) is 0.348. The lowest BCUT2D eigenvalue weighted by molar-refractivity contribution is 0.282. The Hall–Kier alpha value is -3.57. The first-order valence-electron chi connectivity index (χ1n) is 10.6. The van der Waals surface area contributed by atoms with Crippen molar-refractivity contribution >= 4 is 17.3 Å². The Kier molecular flexibility index (Phi) is 6.65. The summed E-state index contributed by atoms with van der Waals surface area (Å²) in [5, 5.41) is 33.6. The van der Waals surface area contributed by atoms with Crippen LogP contribution in [0.3, 0.4) is 0 Å². The van der Waals surface area contributed by atoms with Crippen molar-refractivity contribution in [3.63, 3.8) is 0 Å². The Labute approximate surface area is 181 Å². The number of rotatable bonds is 7. The second kappa shape index (κ2) is 9.96. The molecule has 0 atom stereocenters. The first-order chi connectivity index (χ1) is 15.2. The largest absolute Gasteiger partial charge is 0.392 e. The molecule has 2 aromatic heterocycles. The topological polar surface area (TPSA) is 120 Å². The fourth-order valence-corrected chi connectivity index (χ4v) is 3.80. The zero-order chi connectivity index (χ0) is 21.5. The summed E-state index contributed by atoms with van der Waals surface area (Å²) in [6.07, 6.45) is 9.32. The highest BCUT2D eigenvalue weighted by Crippen LogP contribution is 2.30. The smallest absolute Gasteiger partial charge is 0.158 e. The summed E-state index contributed by atoms with van der Waals surface area (Å²) in [5.74, 6) is 1.69. The molecule has 8 heteroatoms. The summed E-state index contributed by atoms with van der Waals surface area (Å²) in [5.41, 5.74) is 3.69. The maximum absolute atomic E-state index is 9.31. The molecule has 0 saturated heterocycles. The van der Waals surface area contributed by atoms with E-state index in [-0.39, 0.29) is 12.3 Å². The van der Waals surface area contributed by atoms with Crippen LogP contribution in [-0.4, -0.2) is 31.8 Å². The zero-order valence-corrected chi connectivity index (χ0v) is 17.3. The Balaban J connectivity index is 1.58. The van der Waals surface area contributed by atoms with E-state index in [9.17, 15) is 5.11 Å². The minimum Gasteiger partial charge on any atom is -0.392 e.